The molecule has 0 saturated carbocycles. The smallest absolute Gasteiger partial charge is 0.311 e. The lowest BCUT2D eigenvalue weighted by atomic mass is 10.1. The minimum absolute atomic E-state index is 0.0511. The van der Waals surface area contributed by atoms with Crippen LogP contribution in [-0.2, 0) is 27.2 Å². The quantitative estimate of drug-likeness (QED) is 0.527. The molecule has 7 heteroatoms. The average Bonchev–Trinajstić information content (AvgIpc) is 3.00. The van der Waals surface area contributed by atoms with Crippen molar-refractivity contribution in [1.29, 1.82) is 0 Å². The first-order valence-corrected chi connectivity index (χ1v) is 9.29. The summed E-state index contributed by atoms with van der Waals surface area (Å²) in [5.74, 6) is -0.393. The Labute approximate surface area is 153 Å². The van der Waals surface area contributed by atoms with Crippen molar-refractivity contribution in [3.05, 3.63) is 45.4 Å². The van der Waals surface area contributed by atoms with Gasteiger partial charge in [0.2, 0.25) is 5.91 Å². The van der Waals surface area contributed by atoms with Crippen LogP contribution in [0.2, 0.25) is 0 Å². The Kier molecular flexibility index (Phi) is 7.39. The second-order valence-corrected chi connectivity index (χ2v) is 7.05. The van der Waals surface area contributed by atoms with E-state index in [1.165, 1.54) is 24.0 Å². The predicted octanol–water partition coefficient (Wildman–Crippen LogP) is 3.97. The highest BCUT2D eigenvalue weighted by molar-refractivity contribution is 9.10. The number of nitrogens with zero attached hydrogens (tertiary/aromatic N) is 1. The van der Waals surface area contributed by atoms with Crippen molar-refractivity contribution in [2.45, 2.75) is 32.1 Å². The third-order valence-corrected chi connectivity index (χ3v) is 4.72. The maximum Gasteiger partial charge on any atom is 0.311 e. The summed E-state index contributed by atoms with van der Waals surface area (Å²) in [4.78, 5) is 27.3. The Morgan fingerprint density at radius 1 is 1.25 bits per heavy atom. The van der Waals surface area contributed by atoms with Gasteiger partial charge in [-0.15, -0.1) is 11.3 Å². The molecular formula is C17H19BrN2O3S. The normalized spacial score (nSPS) is 10.4. The van der Waals surface area contributed by atoms with E-state index in [1.54, 1.807) is 5.38 Å². The van der Waals surface area contributed by atoms with Gasteiger partial charge in [0.25, 0.3) is 0 Å². The SMILES string of the molecule is COC(=O)Cc1csc(NC(=O)CCCCc2ccc(Br)cc2)n1. The van der Waals surface area contributed by atoms with Gasteiger partial charge >= 0.3 is 5.97 Å². The van der Waals surface area contributed by atoms with E-state index >= 15 is 0 Å². The van der Waals surface area contributed by atoms with Crippen LogP contribution < -0.4 is 5.32 Å². The molecule has 0 bridgehead atoms. The fraction of sp³-hybridized carbons (Fsp3) is 0.353. The Morgan fingerprint density at radius 3 is 2.71 bits per heavy atom. The zero-order valence-corrected chi connectivity index (χ0v) is 15.8. The molecule has 1 aromatic carbocycles. The molecule has 0 atom stereocenters. The molecule has 0 unspecified atom stereocenters. The predicted molar refractivity (Wildman–Crippen MR) is 98.2 cm³/mol. The van der Waals surface area contributed by atoms with Gasteiger partial charge in [0.1, 0.15) is 0 Å². The highest BCUT2D eigenvalue weighted by atomic mass is 79.9. The molecule has 0 spiro atoms. The summed E-state index contributed by atoms with van der Waals surface area (Å²) in [6.07, 6.45) is 3.32. The number of benzene rings is 1. The highest BCUT2D eigenvalue weighted by Crippen LogP contribution is 2.17. The topological polar surface area (TPSA) is 68.3 Å². The number of aryl methyl sites for hydroxylation is 1. The van der Waals surface area contributed by atoms with Gasteiger partial charge in [-0.05, 0) is 37.0 Å². The molecule has 1 aromatic heterocycles. The molecule has 0 aliphatic heterocycles. The van der Waals surface area contributed by atoms with Crippen LogP contribution in [0.1, 0.15) is 30.5 Å². The summed E-state index contributed by atoms with van der Waals surface area (Å²) in [5, 5.41) is 5.04. The van der Waals surface area contributed by atoms with Crippen molar-refractivity contribution < 1.29 is 14.3 Å². The summed E-state index contributed by atoms with van der Waals surface area (Å²) in [5.41, 5.74) is 1.88. The van der Waals surface area contributed by atoms with Crippen molar-refractivity contribution >= 4 is 44.3 Å². The van der Waals surface area contributed by atoms with E-state index in [9.17, 15) is 9.59 Å². The van der Waals surface area contributed by atoms with Crippen molar-refractivity contribution in [3.63, 3.8) is 0 Å². The average molecular weight is 411 g/mol. The Bertz CT molecular complexity index is 685. The molecule has 2 aromatic rings. The van der Waals surface area contributed by atoms with Crippen molar-refractivity contribution in [1.82, 2.24) is 4.98 Å². The second-order valence-electron chi connectivity index (χ2n) is 5.28. The number of carbonyl (C=O) groups is 2. The Balaban J connectivity index is 1.67. The summed E-state index contributed by atoms with van der Waals surface area (Å²) in [6, 6.07) is 8.22. The maximum atomic E-state index is 11.9. The molecule has 0 radical (unpaired) electrons. The van der Waals surface area contributed by atoms with Gasteiger partial charge < -0.3 is 10.1 Å². The van der Waals surface area contributed by atoms with Crippen LogP contribution in [0.25, 0.3) is 0 Å². The number of anilines is 1. The van der Waals surface area contributed by atoms with Gasteiger partial charge in [-0.3, -0.25) is 9.59 Å². The standard InChI is InChI=1S/C17H19BrN2O3S/c1-23-16(22)10-14-11-24-17(19-14)20-15(21)5-3-2-4-12-6-8-13(18)9-7-12/h6-9,11H,2-5,10H2,1H3,(H,19,20,21). The molecule has 128 valence electrons. The van der Waals surface area contributed by atoms with Crippen LogP contribution in [-0.4, -0.2) is 24.0 Å². The Hall–Kier alpha value is -1.73. The number of thiazole rings is 1. The second kappa shape index (κ2) is 9.54. The molecule has 5 nitrogen and oxygen atoms in total. The fourth-order valence-corrected chi connectivity index (χ4v) is 3.10. The van der Waals surface area contributed by atoms with Crippen LogP contribution in [0.3, 0.4) is 0 Å². The van der Waals surface area contributed by atoms with Gasteiger partial charge in [-0.1, -0.05) is 28.1 Å². The van der Waals surface area contributed by atoms with Crippen molar-refractivity contribution in [2.75, 3.05) is 12.4 Å². The first-order chi connectivity index (χ1) is 11.6. The number of halogens is 1. The van der Waals surface area contributed by atoms with Gasteiger partial charge in [-0.2, -0.15) is 0 Å². The summed E-state index contributed by atoms with van der Waals surface area (Å²) >= 11 is 4.73. The molecule has 0 aliphatic rings. The number of hydrogen-bond acceptors (Lipinski definition) is 5. The van der Waals surface area contributed by atoms with Gasteiger partial charge in [0.05, 0.1) is 19.2 Å². The number of ether oxygens (including phenoxy) is 1. The first-order valence-electron chi connectivity index (χ1n) is 7.62. The monoisotopic (exact) mass is 410 g/mol. The molecular weight excluding hydrogens is 392 g/mol. The highest BCUT2D eigenvalue weighted by Gasteiger charge is 2.09. The van der Waals surface area contributed by atoms with Crippen LogP contribution in [0.4, 0.5) is 5.13 Å². The van der Waals surface area contributed by atoms with E-state index in [4.69, 9.17) is 0 Å². The van der Waals surface area contributed by atoms with Gasteiger partial charge in [0, 0.05) is 16.3 Å². The minimum atomic E-state index is -0.342. The Morgan fingerprint density at radius 2 is 2.00 bits per heavy atom. The molecule has 0 aliphatic carbocycles. The van der Waals surface area contributed by atoms with Crippen molar-refractivity contribution in [2.24, 2.45) is 0 Å². The molecule has 1 heterocycles. The number of esters is 1. The first kappa shape index (κ1) is 18.6. The number of amides is 1. The fourth-order valence-electron chi connectivity index (χ4n) is 2.11. The third kappa shape index (κ3) is 6.41. The van der Waals surface area contributed by atoms with Gasteiger partial charge in [-0.25, -0.2) is 4.98 Å². The number of carbonyl (C=O) groups excluding carboxylic acids is 2. The lowest BCUT2D eigenvalue weighted by molar-refractivity contribution is -0.139. The van der Waals surface area contributed by atoms with E-state index in [0.717, 1.165) is 23.7 Å². The van der Waals surface area contributed by atoms with Crippen molar-refractivity contribution in [3.8, 4) is 0 Å². The third-order valence-electron chi connectivity index (χ3n) is 3.38. The number of rotatable bonds is 8. The summed E-state index contributed by atoms with van der Waals surface area (Å²) < 4.78 is 5.66. The zero-order valence-electron chi connectivity index (χ0n) is 13.4. The molecule has 0 fully saturated rings. The lowest BCUT2D eigenvalue weighted by Gasteiger charge is -2.03. The maximum absolute atomic E-state index is 11.9. The number of unbranched alkanes of at least 4 members (excludes halogenated alkanes) is 1. The van der Waals surface area contributed by atoms with Crippen LogP contribution in [0.15, 0.2) is 34.1 Å². The number of aromatic nitrogens is 1. The van der Waals surface area contributed by atoms with E-state index in [-0.39, 0.29) is 18.3 Å². The molecule has 0 saturated heterocycles. The largest absolute Gasteiger partial charge is 0.469 e. The number of hydrogen-bond donors (Lipinski definition) is 1. The van der Waals surface area contributed by atoms with Crippen LogP contribution in [0.5, 0.6) is 0 Å². The molecule has 1 amide bonds. The number of nitrogens with one attached hydrogen (secondary N) is 1. The van der Waals surface area contributed by atoms with Crippen LogP contribution >= 0.6 is 27.3 Å². The summed E-state index contributed by atoms with van der Waals surface area (Å²) in [7, 11) is 1.34. The van der Waals surface area contributed by atoms with E-state index < -0.39 is 0 Å². The van der Waals surface area contributed by atoms with E-state index in [2.05, 4.69) is 43.1 Å². The number of methoxy groups -OCH3 is 1. The minimum Gasteiger partial charge on any atom is -0.469 e. The molecule has 1 N–H and O–H groups in total. The molecule has 24 heavy (non-hydrogen) atoms. The summed E-state index contributed by atoms with van der Waals surface area (Å²) in [6.45, 7) is 0. The van der Waals surface area contributed by atoms with E-state index in [0.29, 0.717) is 17.2 Å². The van der Waals surface area contributed by atoms with E-state index in [1.807, 2.05) is 12.1 Å². The van der Waals surface area contributed by atoms with Crippen LogP contribution in [0, 0.1) is 0 Å². The lowest BCUT2D eigenvalue weighted by Crippen LogP contribution is -2.11. The zero-order chi connectivity index (χ0) is 17.4. The van der Waals surface area contributed by atoms with Gasteiger partial charge in [0.15, 0.2) is 5.13 Å². The molecule has 2 rings (SSSR count).